The number of nitrogens with two attached hydrogens (primary N) is 1. The summed E-state index contributed by atoms with van der Waals surface area (Å²) < 4.78 is 54.4. The Morgan fingerprint density at radius 3 is 2.33 bits per heavy atom. The van der Waals surface area contributed by atoms with Crippen LogP contribution in [-0.2, 0) is 17.5 Å². The number of nitrogens with one attached hydrogen (secondary N) is 1. The van der Waals surface area contributed by atoms with E-state index in [1.807, 2.05) is 0 Å². The van der Waals surface area contributed by atoms with Crippen LogP contribution in [0, 0.1) is 11.7 Å². The van der Waals surface area contributed by atoms with E-state index in [4.69, 9.17) is 5.73 Å². The maximum Gasteiger partial charge on any atom is 0.416 e. The Bertz CT molecular complexity index is 1290. The van der Waals surface area contributed by atoms with Gasteiger partial charge in [0.1, 0.15) is 12.4 Å². The predicted octanol–water partition coefficient (Wildman–Crippen LogP) is 4.55. The highest BCUT2D eigenvalue weighted by molar-refractivity contribution is 5.81. The van der Waals surface area contributed by atoms with E-state index in [1.165, 1.54) is 18.5 Å². The molecular weight excluding hydrogens is 526 g/mol. The summed E-state index contributed by atoms with van der Waals surface area (Å²) in [6.45, 7) is 2.08. The smallest absolute Gasteiger partial charge is 0.368 e. The summed E-state index contributed by atoms with van der Waals surface area (Å²) in [5.41, 5.74) is 6.43. The zero-order valence-electron chi connectivity index (χ0n) is 21.8. The van der Waals surface area contributed by atoms with E-state index >= 15 is 4.39 Å². The number of amides is 1. The molecule has 1 saturated heterocycles. The maximum atomic E-state index is 15.6. The Morgan fingerprint density at radius 1 is 1.05 bits per heavy atom. The van der Waals surface area contributed by atoms with Crippen LogP contribution >= 0.6 is 0 Å². The third-order valence-electron chi connectivity index (χ3n) is 7.53. The van der Waals surface area contributed by atoms with Gasteiger partial charge in [0, 0.05) is 31.5 Å². The third kappa shape index (κ3) is 6.49. The molecular formula is C28H31F4N7O. The van der Waals surface area contributed by atoms with Gasteiger partial charge in [-0.1, -0.05) is 12.1 Å². The van der Waals surface area contributed by atoms with E-state index in [0.717, 1.165) is 43.4 Å². The Morgan fingerprint density at radius 2 is 1.73 bits per heavy atom. The molecule has 1 aliphatic carbocycles. The average molecular weight is 558 g/mol. The monoisotopic (exact) mass is 557 g/mol. The summed E-state index contributed by atoms with van der Waals surface area (Å²) in [4.78, 5) is 28.3. The fourth-order valence-corrected chi connectivity index (χ4v) is 5.20. The van der Waals surface area contributed by atoms with Gasteiger partial charge in [-0.3, -0.25) is 14.7 Å². The predicted molar refractivity (Wildman–Crippen MR) is 142 cm³/mol. The number of aromatic nitrogens is 3. The number of pyridine rings is 1. The molecule has 8 nitrogen and oxygen atoms in total. The number of nitrogens with zero attached hydrogens (tertiary/aromatic N) is 5. The maximum absolute atomic E-state index is 15.6. The lowest BCUT2D eigenvalue weighted by molar-refractivity contribution is -0.137. The van der Waals surface area contributed by atoms with Gasteiger partial charge in [0.15, 0.2) is 11.6 Å². The van der Waals surface area contributed by atoms with Crippen LogP contribution in [-0.4, -0.2) is 51.4 Å². The van der Waals surface area contributed by atoms with Crippen molar-refractivity contribution < 1.29 is 22.4 Å². The van der Waals surface area contributed by atoms with Crippen LogP contribution in [0.15, 0.2) is 55.1 Å². The largest absolute Gasteiger partial charge is 0.416 e. The van der Waals surface area contributed by atoms with Crippen molar-refractivity contribution in [1.29, 1.82) is 0 Å². The zero-order chi connectivity index (χ0) is 28.3. The lowest BCUT2D eigenvalue weighted by atomic mass is 9.94. The van der Waals surface area contributed by atoms with Crippen molar-refractivity contribution in [2.45, 2.75) is 50.5 Å². The van der Waals surface area contributed by atoms with Crippen molar-refractivity contribution in [3.63, 3.8) is 0 Å². The van der Waals surface area contributed by atoms with Crippen LogP contribution in [0.1, 0.15) is 48.4 Å². The number of carbonyl (C=O) groups is 1. The number of piperidine rings is 1. The zero-order valence-corrected chi connectivity index (χ0v) is 21.8. The number of anilines is 2. The van der Waals surface area contributed by atoms with Gasteiger partial charge >= 0.3 is 6.18 Å². The van der Waals surface area contributed by atoms with Gasteiger partial charge in [0.2, 0.25) is 11.7 Å². The fraction of sp³-hybridized carbons (Fsp3) is 0.429. The first-order valence-corrected chi connectivity index (χ1v) is 13.3. The van der Waals surface area contributed by atoms with Gasteiger partial charge in [0.05, 0.1) is 5.56 Å². The molecule has 1 saturated carbocycles. The third-order valence-corrected chi connectivity index (χ3v) is 7.53. The molecule has 3 heterocycles. The lowest BCUT2D eigenvalue weighted by Crippen LogP contribution is -2.43. The van der Waals surface area contributed by atoms with Crippen LogP contribution in [0.25, 0.3) is 0 Å². The van der Waals surface area contributed by atoms with Gasteiger partial charge in [0.25, 0.3) is 0 Å². The highest BCUT2D eigenvalue weighted by Gasteiger charge is 2.34. The Labute approximate surface area is 229 Å². The van der Waals surface area contributed by atoms with Crippen molar-refractivity contribution in [2.24, 2.45) is 11.7 Å². The van der Waals surface area contributed by atoms with E-state index in [0.29, 0.717) is 25.2 Å². The highest BCUT2D eigenvalue weighted by atomic mass is 19.4. The van der Waals surface area contributed by atoms with Crippen LogP contribution in [0.4, 0.5) is 29.2 Å². The van der Waals surface area contributed by atoms with Gasteiger partial charge < -0.3 is 16.0 Å². The Hall–Kier alpha value is -3.80. The minimum atomic E-state index is -4.41. The van der Waals surface area contributed by atoms with Crippen LogP contribution in [0.2, 0.25) is 0 Å². The van der Waals surface area contributed by atoms with E-state index in [1.54, 1.807) is 29.4 Å². The molecule has 0 spiro atoms. The van der Waals surface area contributed by atoms with Crippen molar-refractivity contribution in [2.75, 3.05) is 29.9 Å². The SMILES string of the molecule is NC(=O)C(c1ccncc1)N1CCC(CNc2ncnc(N(Cc3ccc(C(F)(F)F)cc3)C3CC3)c2F)CC1. The Balaban J connectivity index is 1.21. The number of benzene rings is 1. The number of rotatable bonds is 10. The van der Waals surface area contributed by atoms with Crippen molar-refractivity contribution >= 4 is 17.5 Å². The second kappa shape index (κ2) is 11.7. The van der Waals surface area contributed by atoms with E-state index in [-0.39, 0.29) is 30.1 Å². The normalized spacial score (nSPS) is 17.4. The summed E-state index contributed by atoms with van der Waals surface area (Å²) in [6, 6.07) is 8.05. The van der Waals surface area contributed by atoms with Crippen molar-refractivity contribution in [1.82, 2.24) is 19.9 Å². The minimum Gasteiger partial charge on any atom is -0.368 e. The number of likely N-dealkylation sites (tertiary alicyclic amines) is 1. The number of hydrogen-bond donors (Lipinski definition) is 2. The van der Waals surface area contributed by atoms with Crippen LogP contribution in [0.5, 0.6) is 0 Å². The highest BCUT2D eigenvalue weighted by Crippen LogP contribution is 2.36. The first-order chi connectivity index (χ1) is 19.2. The first-order valence-electron chi connectivity index (χ1n) is 13.3. The summed E-state index contributed by atoms with van der Waals surface area (Å²) in [7, 11) is 0. The molecule has 1 aliphatic heterocycles. The summed E-state index contributed by atoms with van der Waals surface area (Å²) >= 11 is 0. The molecule has 2 fully saturated rings. The van der Waals surface area contributed by atoms with Crippen molar-refractivity contribution in [3.05, 3.63) is 77.6 Å². The van der Waals surface area contributed by atoms with Crippen LogP contribution < -0.4 is 16.0 Å². The Kier molecular flexibility index (Phi) is 8.15. The molecule has 2 aliphatic rings. The number of primary amides is 1. The van der Waals surface area contributed by atoms with Crippen LogP contribution in [0.3, 0.4) is 0 Å². The summed E-state index contributed by atoms with van der Waals surface area (Å²) in [5, 5.41) is 3.13. The van der Waals surface area contributed by atoms with Gasteiger partial charge in [-0.15, -0.1) is 0 Å². The fourth-order valence-electron chi connectivity index (χ4n) is 5.20. The standard InChI is InChI=1S/C28H31F4N7O/c29-23-26(35-15-18-9-13-38(14-10-18)24(25(33)40)20-7-11-34-12-8-20)36-17-37-27(23)39(22-5-6-22)16-19-1-3-21(4-2-19)28(30,31)32/h1-4,7-8,11-12,17-18,22,24H,5-6,9-10,13-16H2,(H2,33,40)(H,35,36,37). The first kappa shape index (κ1) is 27.8. The topological polar surface area (TPSA) is 100 Å². The molecule has 1 amide bonds. The molecule has 0 radical (unpaired) electrons. The molecule has 1 aromatic carbocycles. The van der Waals surface area contributed by atoms with E-state index in [2.05, 4.69) is 25.2 Å². The van der Waals surface area contributed by atoms with Crippen molar-refractivity contribution in [3.8, 4) is 0 Å². The molecule has 2 aromatic heterocycles. The lowest BCUT2D eigenvalue weighted by Gasteiger charge is -2.36. The van der Waals surface area contributed by atoms with Gasteiger partial charge in [-0.25, -0.2) is 9.97 Å². The van der Waals surface area contributed by atoms with Gasteiger partial charge in [-0.05, 0) is 80.1 Å². The molecule has 12 heteroatoms. The molecule has 3 aromatic rings. The molecule has 0 bridgehead atoms. The summed E-state index contributed by atoms with van der Waals surface area (Å²) in [5.74, 6) is -0.513. The van der Waals surface area contributed by atoms with E-state index < -0.39 is 29.5 Å². The number of hydrogen-bond acceptors (Lipinski definition) is 7. The quantitative estimate of drug-likeness (QED) is 0.353. The summed E-state index contributed by atoms with van der Waals surface area (Å²) in [6.07, 6.45) is 3.48. The molecule has 1 atom stereocenters. The average Bonchev–Trinajstić information content (AvgIpc) is 3.78. The van der Waals surface area contributed by atoms with Gasteiger partial charge in [-0.2, -0.15) is 17.6 Å². The molecule has 212 valence electrons. The second-order valence-electron chi connectivity index (χ2n) is 10.4. The molecule has 3 N–H and O–H groups in total. The number of halogens is 4. The molecule has 5 rings (SSSR count). The number of alkyl halides is 3. The number of carbonyl (C=O) groups excluding carboxylic acids is 1. The minimum absolute atomic E-state index is 0.0717. The van der Waals surface area contributed by atoms with E-state index in [9.17, 15) is 18.0 Å². The molecule has 1 unspecified atom stereocenters. The molecule has 40 heavy (non-hydrogen) atoms. The second-order valence-corrected chi connectivity index (χ2v) is 10.4.